The van der Waals surface area contributed by atoms with E-state index in [4.69, 9.17) is 0 Å². The van der Waals surface area contributed by atoms with Crippen molar-refractivity contribution in [2.45, 2.75) is 13.5 Å². The molecule has 0 fully saturated rings. The van der Waals surface area contributed by atoms with E-state index >= 15 is 0 Å². The molecule has 1 aromatic carbocycles. The molecular formula is C16H14N2O7. The molecule has 0 saturated carbocycles. The smallest absolute Gasteiger partial charge is 0.340 e. The lowest BCUT2D eigenvalue weighted by atomic mass is 9.91. The number of carbonyl (C=O) groups excluding carboxylic acids is 1. The normalized spacial score (nSPS) is 10.4. The Hall–Kier alpha value is -3.33. The van der Waals surface area contributed by atoms with E-state index in [0.29, 0.717) is 0 Å². The van der Waals surface area contributed by atoms with Crippen LogP contribution in [0.3, 0.4) is 0 Å². The van der Waals surface area contributed by atoms with Crippen LogP contribution in [0.15, 0.2) is 24.3 Å². The number of aliphatic hydroxyl groups is 1. The second-order valence-electron chi connectivity index (χ2n) is 5.00. The number of carboxylic acids is 1. The molecule has 9 heteroatoms. The third kappa shape index (κ3) is 3.17. The summed E-state index contributed by atoms with van der Waals surface area (Å²) in [5.74, 6) is -2.36. The number of methoxy groups -OCH3 is 1. The molecule has 1 aromatic heterocycles. The zero-order valence-electron chi connectivity index (χ0n) is 13.3. The van der Waals surface area contributed by atoms with Gasteiger partial charge >= 0.3 is 11.9 Å². The average molecular weight is 346 g/mol. The number of carboxylic acid groups (broad SMARTS) is 1. The minimum atomic E-state index is -1.48. The molecule has 0 radical (unpaired) electrons. The van der Waals surface area contributed by atoms with Crippen molar-refractivity contribution in [3.8, 4) is 11.1 Å². The molecule has 0 aliphatic heterocycles. The minimum absolute atomic E-state index is 0.0782. The van der Waals surface area contributed by atoms with Crippen LogP contribution >= 0.6 is 0 Å². The number of aliphatic hydroxyl groups excluding tert-OH is 1. The summed E-state index contributed by atoms with van der Waals surface area (Å²) in [4.78, 5) is 38.6. The second kappa shape index (κ2) is 7.05. The highest BCUT2D eigenvalue weighted by molar-refractivity contribution is 6.07. The standard InChI is InChI=1S/C16H14N2O7/c1-8-12(16(22)25-2)13(14(15(20)21)10(7-19)17-8)9-5-3-4-6-11(9)18(23)24/h3-6,19H,7H2,1-2H3,(H,20,21). The van der Waals surface area contributed by atoms with Crippen molar-refractivity contribution in [1.29, 1.82) is 0 Å². The summed E-state index contributed by atoms with van der Waals surface area (Å²) in [6, 6.07) is 5.41. The van der Waals surface area contributed by atoms with Crippen LogP contribution < -0.4 is 0 Å². The van der Waals surface area contributed by atoms with Crippen molar-refractivity contribution in [3.63, 3.8) is 0 Å². The van der Waals surface area contributed by atoms with Gasteiger partial charge in [0, 0.05) is 11.6 Å². The number of pyridine rings is 1. The lowest BCUT2D eigenvalue weighted by Crippen LogP contribution is -2.16. The van der Waals surface area contributed by atoms with Crippen LogP contribution in [0.2, 0.25) is 0 Å². The lowest BCUT2D eigenvalue weighted by Gasteiger charge is -2.16. The zero-order chi connectivity index (χ0) is 18.7. The first kappa shape index (κ1) is 18.0. The number of nitro groups is 1. The van der Waals surface area contributed by atoms with E-state index < -0.39 is 29.0 Å². The third-order valence-corrected chi connectivity index (χ3v) is 3.58. The maximum atomic E-state index is 12.2. The van der Waals surface area contributed by atoms with E-state index in [1.54, 1.807) is 0 Å². The Morgan fingerprint density at radius 2 is 1.92 bits per heavy atom. The summed E-state index contributed by atoms with van der Waals surface area (Å²) >= 11 is 0. The summed E-state index contributed by atoms with van der Waals surface area (Å²) in [5.41, 5.74) is -1.47. The second-order valence-corrected chi connectivity index (χ2v) is 5.00. The third-order valence-electron chi connectivity index (χ3n) is 3.58. The predicted molar refractivity (Wildman–Crippen MR) is 85.3 cm³/mol. The van der Waals surface area contributed by atoms with Gasteiger partial charge in [-0.15, -0.1) is 0 Å². The molecular weight excluding hydrogens is 332 g/mol. The number of esters is 1. The topological polar surface area (TPSA) is 140 Å². The molecule has 0 atom stereocenters. The van der Waals surface area contributed by atoms with Crippen LogP contribution in [0.25, 0.3) is 11.1 Å². The van der Waals surface area contributed by atoms with Gasteiger partial charge in [0.05, 0.1) is 46.7 Å². The fraction of sp³-hybridized carbons (Fsp3) is 0.188. The number of aromatic nitrogens is 1. The van der Waals surface area contributed by atoms with Gasteiger partial charge in [-0.05, 0) is 13.0 Å². The molecule has 9 nitrogen and oxygen atoms in total. The molecule has 0 amide bonds. The highest BCUT2D eigenvalue weighted by atomic mass is 16.6. The maximum absolute atomic E-state index is 12.2. The summed E-state index contributed by atoms with van der Waals surface area (Å²) in [5, 5.41) is 30.4. The number of para-hydroxylation sites is 1. The predicted octanol–water partition coefficient (Wildman–Crippen LogP) is 1.94. The first-order valence-corrected chi connectivity index (χ1v) is 7.03. The largest absolute Gasteiger partial charge is 0.478 e. The van der Waals surface area contributed by atoms with Gasteiger partial charge in [0.1, 0.15) is 0 Å². The van der Waals surface area contributed by atoms with Gasteiger partial charge in [-0.25, -0.2) is 9.59 Å². The first-order chi connectivity index (χ1) is 11.8. The molecule has 0 aliphatic rings. The molecule has 0 spiro atoms. The molecule has 2 N–H and O–H groups in total. The Morgan fingerprint density at radius 3 is 2.44 bits per heavy atom. The number of carbonyl (C=O) groups is 2. The molecule has 0 bridgehead atoms. The monoisotopic (exact) mass is 346 g/mol. The number of nitro benzene ring substituents is 1. The van der Waals surface area contributed by atoms with Crippen molar-refractivity contribution in [1.82, 2.24) is 4.98 Å². The maximum Gasteiger partial charge on any atom is 0.340 e. The fourth-order valence-electron chi connectivity index (χ4n) is 2.57. The van der Waals surface area contributed by atoms with Crippen LogP contribution in [-0.4, -0.2) is 39.2 Å². The van der Waals surface area contributed by atoms with Crippen LogP contribution in [0.4, 0.5) is 5.69 Å². The molecule has 25 heavy (non-hydrogen) atoms. The molecule has 130 valence electrons. The zero-order valence-corrected chi connectivity index (χ0v) is 13.3. The average Bonchev–Trinajstić information content (AvgIpc) is 2.59. The van der Waals surface area contributed by atoms with Crippen molar-refractivity contribution in [3.05, 3.63) is 56.9 Å². The Morgan fingerprint density at radius 1 is 1.28 bits per heavy atom. The summed E-state index contributed by atoms with van der Waals surface area (Å²) in [6.07, 6.45) is 0. The van der Waals surface area contributed by atoms with Crippen molar-refractivity contribution in [2.75, 3.05) is 7.11 Å². The number of aryl methyl sites for hydroxylation is 1. The number of nitrogens with zero attached hydrogens (tertiary/aromatic N) is 2. The molecule has 0 unspecified atom stereocenters. The van der Waals surface area contributed by atoms with Gasteiger partial charge < -0.3 is 14.9 Å². The van der Waals surface area contributed by atoms with Crippen LogP contribution in [0.5, 0.6) is 0 Å². The Balaban J connectivity index is 3.06. The highest BCUT2D eigenvalue weighted by Gasteiger charge is 2.31. The first-order valence-electron chi connectivity index (χ1n) is 7.03. The minimum Gasteiger partial charge on any atom is -0.478 e. The number of benzene rings is 1. The van der Waals surface area contributed by atoms with E-state index in [1.165, 1.54) is 31.2 Å². The van der Waals surface area contributed by atoms with Gasteiger partial charge in [-0.1, -0.05) is 12.1 Å². The van der Waals surface area contributed by atoms with Crippen LogP contribution in [0, 0.1) is 17.0 Å². The molecule has 0 saturated heterocycles. The van der Waals surface area contributed by atoms with Gasteiger partial charge in [-0.2, -0.15) is 0 Å². The van der Waals surface area contributed by atoms with E-state index in [2.05, 4.69) is 9.72 Å². The Labute approximate surface area is 141 Å². The molecule has 2 aromatic rings. The Bertz CT molecular complexity index is 877. The highest BCUT2D eigenvalue weighted by Crippen LogP contribution is 2.37. The van der Waals surface area contributed by atoms with Crippen LogP contribution in [-0.2, 0) is 11.3 Å². The summed E-state index contributed by atoms with van der Waals surface area (Å²) < 4.78 is 4.68. The lowest BCUT2D eigenvalue weighted by molar-refractivity contribution is -0.384. The number of hydrogen-bond acceptors (Lipinski definition) is 7. The number of ether oxygens (including phenoxy) is 1. The number of rotatable bonds is 5. The van der Waals surface area contributed by atoms with Gasteiger partial charge in [0.2, 0.25) is 0 Å². The quantitative estimate of drug-likeness (QED) is 0.475. The van der Waals surface area contributed by atoms with E-state index in [1.807, 2.05) is 0 Å². The SMILES string of the molecule is COC(=O)c1c(C)nc(CO)c(C(=O)O)c1-c1ccccc1[N+](=O)[O-]. The van der Waals surface area contributed by atoms with Gasteiger partial charge in [-0.3, -0.25) is 15.1 Å². The fourth-order valence-corrected chi connectivity index (χ4v) is 2.57. The summed E-state index contributed by atoms with van der Waals surface area (Å²) in [7, 11) is 1.10. The molecule has 2 rings (SSSR count). The van der Waals surface area contributed by atoms with E-state index in [0.717, 1.165) is 7.11 Å². The van der Waals surface area contributed by atoms with E-state index in [9.17, 15) is 29.9 Å². The summed E-state index contributed by atoms with van der Waals surface area (Å²) in [6.45, 7) is 0.715. The molecule has 1 heterocycles. The van der Waals surface area contributed by atoms with Gasteiger partial charge in [0.15, 0.2) is 0 Å². The van der Waals surface area contributed by atoms with Gasteiger partial charge in [0.25, 0.3) is 5.69 Å². The van der Waals surface area contributed by atoms with Crippen LogP contribution in [0.1, 0.15) is 32.1 Å². The Kier molecular flexibility index (Phi) is 5.08. The number of hydrogen-bond donors (Lipinski definition) is 2. The number of aromatic carboxylic acids is 1. The van der Waals surface area contributed by atoms with Crippen molar-refractivity contribution in [2.24, 2.45) is 0 Å². The van der Waals surface area contributed by atoms with Crippen molar-refractivity contribution >= 4 is 17.6 Å². The molecule has 0 aliphatic carbocycles. The van der Waals surface area contributed by atoms with E-state index in [-0.39, 0.29) is 33.8 Å². The van der Waals surface area contributed by atoms with Crippen molar-refractivity contribution < 1.29 is 29.5 Å².